The van der Waals surface area contributed by atoms with Crippen molar-refractivity contribution in [1.29, 1.82) is 0 Å². The van der Waals surface area contributed by atoms with Crippen LogP contribution in [0.25, 0.3) is 0 Å². The maximum Gasteiger partial charge on any atom is -0.0351 e. The summed E-state index contributed by atoms with van der Waals surface area (Å²) in [6.45, 7) is 4.39. The van der Waals surface area contributed by atoms with E-state index in [1.165, 1.54) is 57.8 Å². The van der Waals surface area contributed by atoms with Crippen LogP contribution in [0.5, 0.6) is 0 Å². The zero-order chi connectivity index (χ0) is 11.2. The van der Waals surface area contributed by atoms with E-state index < -0.39 is 0 Å². The first-order valence-corrected chi connectivity index (χ1v) is 6.71. The van der Waals surface area contributed by atoms with Gasteiger partial charge in [-0.3, -0.25) is 0 Å². The second-order valence-electron chi connectivity index (χ2n) is 4.10. The van der Waals surface area contributed by atoms with Crippen LogP contribution in [0.3, 0.4) is 0 Å². The van der Waals surface area contributed by atoms with E-state index in [2.05, 4.69) is 38.2 Å². The quantitative estimate of drug-likeness (QED) is 0.321. The van der Waals surface area contributed by atoms with Gasteiger partial charge in [0.1, 0.15) is 0 Å². The summed E-state index contributed by atoms with van der Waals surface area (Å²) in [5, 5.41) is 0. The fraction of sp³-hybridized carbons (Fsp3) is 0.733. The smallest absolute Gasteiger partial charge is 0.0351 e. The molecular weight excluding hydrogens is 180 g/mol. The van der Waals surface area contributed by atoms with Gasteiger partial charge < -0.3 is 0 Å². The predicted molar refractivity (Wildman–Crippen MR) is 71.2 cm³/mol. The maximum absolute atomic E-state index is 2.32. The van der Waals surface area contributed by atoms with Gasteiger partial charge in [0.15, 0.2) is 0 Å². The average Bonchev–Trinajstić information content (AvgIpc) is 2.26. The van der Waals surface area contributed by atoms with Crippen molar-refractivity contribution in [3.63, 3.8) is 0 Å². The third kappa shape index (κ3) is 13.5. The van der Waals surface area contributed by atoms with Crippen LogP contribution in [0, 0.1) is 0 Å². The summed E-state index contributed by atoms with van der Waals surface area (Å²) in [5.41, 5.74) is 0. The van der Waals surface area contributed by atoms with E-state index in [1.54, 1.807) is 0 Å². The van der Waals surface area contributed by atoms with Gasteiger partial charge in [-0.1, -0.05) is 57.4 Å². The third-order valence-corrected chi connectivity index (χ3v) is 2.55. The summed E-state index contributed by atoms with van der Waals surface area (Å²) in [5.74, 6) is 0. The molecule has 0 nitrogen and oxygen atoms in total. The Labute approximate surface area is 96.5 Å². The molecule has 0 aliphatic carbocycles. The molecule has 0 atom stereocenters. The molecule has 0 aromatic carbocycles. The largest absolute Gasteiger partial charge is 0.0888 e. The lowest BCUT2D eigenvalue weighted by atomic mass is 10.1. The first-order chi connectivity index (χ1) is 7.41. The van der Waals surface area contributed by atoms with Gasteiger partial charge in [0.2, 0.25) is 0 Å². The average molecular weight is 208 g/mol. The van der Waals surface area contributed by atoms with E-state index in [9.17, 15) is 0 Å². The van der Waals surface area contributed by atoms with Crippen molar-refractivity contribution in [3.8, 4) is 0 Å². The molecule has 0 unspecified atom stereocenters. The standard InChI is InChI=1S/C15H28/c1-3-5-7-9-11-13-15-14-12-10-8-6-4-2/h5-8H,3-4,9-15H2,1-2H3. The zero-order valence-electron chi connectivity index (χ0n) is 10.7. The normalized spacial score (nSPS) is 11.9. The summed E-state index contributed by atoms with van der Waals surface area (Å²) in [4.78, 5) is 0. The van der Waals surface area contributed by atoms with Gasteiger partial charge in [0.05, 0.1) is 0 Å². The summed E-state index contributed by atoms with van der Waals surface area (Å²) >= 11 is 0. The van der Waals surface area contributed by atoms with E-state index in [0.29, 0.717) is 0 Å². The van der Waals surface area contributed by atoms with Crippen LogP contribution in [0.1, 0.15) is 71.6 Å². The SMILES string of the molecule is CCC=CCCCCCCCC=CCC. The van der Waals surface area contributed by atoms with Gasteiger partial charge in [0, 0.05) is 0 Å². The van der Waals surface area contributed by atoms with Crippen LogP contribution in [0.4, 0.5) is 0 Å². The van der Waals surface area contributed by atoms with Crippen LogP contribution in [0.2, 0.25) is 0 Å². The highest BCUT2D eigenvalue weighted by Gasteiger charge is 1.88. The van der Waals surface area contributed by atoms with Gasteiger partial charge in [-0.15, -0.1) is 0 Å². The van der Waals surface area contributed by atoms with Crippen LogP contribution >= 0.6 is 0 Å². The molecule has 0 saturated heterocycles. The second-order valence-corrected chi connectivity index (χ2v) is 4.10. The third-order valence-electron chi connectivity index (χ3n) is 2.55. The van der Waals surface area contributed by atoms with Crippen LogP contribution in [0.15, 0.2) is 24.3 Å². The van der Waals surface area contributed by atoms with Crippen molar-refractivity contribution < 1.29 is 0 Å². The van der Waals surface area contributed by atoms with Crippen LogP contribution < -0.4 is 0 Å². The number of rotatable bonds is 10. The fourth-order valence-electron chi connectivity index (χ4n) is 1.62. The monoisotopic (exact) mass is 208 g/mol. The fourth-order valence-corrected chi connectivity index (χ4v) is 1.62. The second kappa shape index (κ2) is 13.5. The van der Waals surface area contributed by atoms with E-state index in [-0.39, 0.29) is 0 Å². The first-order valence-electron chi connectivity index (χ1n) is 6.71. The summed E-state index contributed by atoms with van der Waals surface area (Å²) in [6.07, 6.45) is 21.1. The number of unbranched alkanes of at least 4 members (excludes halogenated alkanes) is 6. The molecule has 0 aliphatic rings. The molecule has 0 heteroatoms. The molecule has 0 fully saturated rings. The Balaban J connectivity index is 2.98. The van der Waals surface area contributed by atoms with E-state index in [0.717, 1.165) is 0 Å². The number of allylic oxidation sites excluding steroid dienone is 4. The molecule has 88 valence electrons. The molecule has 0 aliphatic heterocycles. The molecule has 0 aromatic heterocycles. The van der Waals surface area contributed by atoms with Crippen molar-refractivity contribution in [2.45, 2.75) is 71.6 Å². The van der Waals surface area contributed by atoms with Crippen molar-refractivity contribution in [2.75, 3.05) is 0 Å². The van der Waals surface area contributed by atoms with Gasteiger partial charge in [-0.25, -0.2) is 0 Å². The maximum atomic E-state index is 2.32. The molecule has 0 heterocycles. The van der Waals surface area contributed by atoms with Gasteiger partial charge in [-0.2, -0.15) is 0 Å². The Morgan fingerprint density at radius 1 is 0.533 bits per heavy atom. The Morgan fingerprint density at radius 2 is 0.933 bits per heavy atom. The van der Waals surface area contributed by atoms with Crippen molar-refractivity contribution in [3.05, 3.63) is 24.3 Å². The molecule has 0 rings (SSSR count). The highest BCUT2D eigenvalue weighted by molar-refractivity contribution is 4.80. The molecule has 0 amide bonds. The Morgan fingerprint density at radius 3 is 1.33 bits per heavy atom. The highest BCUT2D eigenvalue weighted by Crippen LogP contribution is 2.08. The number of hydrogen-bond acceptors (Lipinski definition) is 0. The Hall–Kier alpha value is -0.520. The van der Waals surface area contributed by atoms with Crippen molar-refractivity contribution >= 4 is 0 Å². The minimum absolute atomic E-state index is 1.18. The van der Waals surface area contributed by atoms with E-state index >= 15 is 0 Å². The van der Waals surface area contributed by atoms with E-state index in [4.69, 9.17) is 0 Å². The van der Waals surface area contributed by atoms with Gasteiger partial charge >= 0.3 is 0 Å². The molecule has 0 saturated carbocycles. The first kappa shape index (κ1) is 14.5. The van der Waals surface area contributed by atoms with Gasteiger partial charge in [0.25, 0.3) is 0 Å². The predicted octanol–water partition coefficient (Wildman–Crippen LogP) is 5.65. The highest BCUT2D eigenvalue weighted by atomic mass is 13.9. The Kier molecular flexibility index (Phi) is 13.0. The van der Waals surface area contributed by atoms with Crippen molar-refractivity contribution in [2.24, 2.45) is 0 Å². The lowest BCUT2D eigenvalue weighted by molar-refractivity contribution is 0.621. The minimum Gasteiger partial charge on any atom is -0.0888 e. The molecule has 15 heavy (non-hydrogen) atoms. The zero-order valence-corrected chi connectivity index (χ0v) is 10.7. The molecule has 0 spiro atoms. The Bertz CT molecular complexity index is 135. The number of hydrogen-bond donors (Lipinski definition) is 0. The van der Waals surface area contributed by atoms with Crippen LogP contribution in [-0.2, 0) is 0 Å². The molecular formula is C15H28. The molecule has 0 N–H and O–H groups in total. The topological polar surface area (TPSA) is 0 Å². The molecule has 0 aromatic rings. The summed E-state index contributed by atoms with van der Waals surface area (Å²) in [7, 11) is 0. The lowest BCUT2D eigenvalue weighted by Crippen LogP contribution is -1.78. The summed E-state index contributed by atoms with van der Waals surface area (Å²) in [6, 6.07) is 0. The lowest BCUT2D eigenvalue weighted by Gasteiger charge is -1.98. The van der Waals surface area contributed by atoms with Gasteiger partial charge in [-0.05, 0) is 38.5 Å². The minimum atomic E-state index is 1.18. The summed E-state index contributed by atoms with van der Waals surface area (Å²) < 4.78 is 0. The molecule has 0 bridgehead atoms. The van der Waals surface area contributed by atoms with Crippen LogP contribution in [-0.4, -0.2) is 0 Å². The van der Waals surface area contributed by atoms with Crippen molar-refractivity contribution in [1.82, 2.24) is 0 Å². The molecule has 0 radical (unpaired) electrons. The van der Waals surface area contributed by atoms with E-state index in [1.807, 2.05) is 0 Å².